The highest BCUT2D eigenvalue weighted by Crippen LogP contribution is 2.56. The zero-order chi connectivity index (χ0) is 16.2. The maximum atomic E-state index is 12.7. The number of amides is 1. The number of ether oxygens (including phenoxy) is 2. The highest BCUT2D eigenvalue weighted by molar-refractivity contribution is 5.82. The van der Waals surface area contributed by atoms with E-state index in [0.717, 1.165) is 26.0 Å². The van der Waals surface area contributed by atoms with E-state index in [4.69, 9.17) is 15.2 Å². The largest absolute Gasteiger partial charge is 0.383 e. The lowest BCUT2D eigenvalue weighted by atomic mass is 9.59. The van der Waals surface area contributed by atoms with Crippen LogP contribution in [0.25, 0.3) is 0 Å². The van der Waals surface area contributed by atoms with Crippen molar-refractivity contribution in [1.29, 1.82) is 0 Å². The number of hydrogen-bond acceptors (Lipinski definition) is 4. The van der Waals surface area contributed by atoms with Gasteiger partial charge in [-0.2, -0.15) is 0 Å². The van der Waals surface area contributed by atoms with Crippen LogP contribution >= 0.6 is 0 Å². The molecule has 0 heterocycles. The Kier molecular flexibility index (Phi) is 6.24. The van der Waals surface area contributed by atoms with Crippen molar-refractivity contribution in [3.63, 3.8) is 0 Å². The van der Waals surface area contributed by atoms with Crippen molar-refractivity contribution in [1.82, 2.24) is 4.90 Å². The van der Waals surface area contributed by atoms with E-state index in [1.807, 2.05) is 4.90 Å². The van der Waals surface area contributed by atoms with Crippen LogP contribution in [0, 0.1) is 5.41 Å². The van der Waals surface area contributed by atoms with Gasteiger partial charge in [-0.05, 0) is 32.6 Å². The average Bonchev–Trinajstić information content (AvgIpc) is 3.01. The van der Waals surface area contributed by atoms with E-state index in [-0.39, 0.29) is 17.9 Å². The second kappa shape index (κ2) is 7.75. The van der Waals surface area contributed by atoms with Crippen LogP contribution in [0.15, 0.2) is 0 Å². The third kappa shape index (κ3) is 3.17. The number of rotatable bonds is 8. The zero-order valence-electron chi connectivity index (χ0n) is 14.3. The maximum Gasteiger partial charge on any atom is 0.242 e. The van der Waals surface area contributed by atoms with E-state index in [9.17, 15) is 4.79 Å². The molecule has 128 valence electrons. The van der Waals surface area contributed by atoms with Crippen LogP contribution in [0.3, 0.4) is 0 Å². The van der Waals surface area contributed by atoms with Crippen LogP contribution in [-0.2, 0) is 14.3 Å². The van der Waals surface area contributed by atoms with Gasteiger partial charge in [-0.15, -0.1) is 0 Å². The minimum absolute atomic E-state index is 0.0370. The Balaban J connectivity index is 2.12. The first-order chi connectivity index (χ1) is 10.6. The first-order valence-electron chi connectivity index (χ1n) is 8.77. The summed E-state index contributed by atoms with van der Waals surface area (Å²) in [6.45, 7) is 5.99. The molecular formula is C17H32N2O3. The summed E-state index contributed by atoms with van der Waals surface area (Å²) in [6.07, 6.45) is 7.08. The van der Waals surface area contributed by atoms with Gasteiger partial charge < -0.3 is 20.1 Å². The van der Waals surface area contributed by atoms with E-state index in [0.29, 0.717) is 12.1 Å². The smallest absolute Gasteiger partial charge is 0.242 e. The molecular weight excluding hydrogens is 280 g/mol. The summed E-state index contributed by atoms with van der Waals surface area (Å²) < 4.78 is 11.0. The normalized spacial score (nSPS) is 27.6. The van der Waals surface area contributed by atoms with Gasteiger partial charge in [0.25, 0.3) is 0 Å². The number of methoxy groups -OCH3 is 1. The molecule has 22 heavy (non-hydrogen) atoms. The highest BCUT2D eigenvalue weighted by Gasteiger charge is 2.59. The van der Waals surface area contributed by atoms with Crippen molar-refractivity contribution >= 4 is 5.91 Å². The number of hydrogen-bond donors (Lipinski definition) is 1. The minimum Gasteiger partial charge on any atom is -0.383 e. The molecule has 0 aromatic heterocycles. The molecule has 0 saturated heterocycles. The molecule has 2 aliphatic rings. The Hall–Kier alpha value is -0.650. The van der Waals surface area contributed by atoms with E-state index >= 15 is 0 Å². The topological polar surface area (TPSA) is 64.8 Å². The Labute approximate surface area is 134 Å². The summed E-state index contributed by atoms with van der Waals surface area (Å²) in [6, 6.07) is -0.261. The number of carbonyl (C=O) groups is 1. The zero-order valence-corrected chi connectivity index (χ0v) is 14.3. The van der Waals surface area contributed by atoms with Crippen molar-refractivity contribution in [2.75, 3.05) is 26.9 Å². The lowest BCUT2D eigenvalue weighted by molar-refractivity contribution is -0.177. The van der Waals surface area contributed by atoms with Gasteiger partial charge in [-0.25, -0.2) is 0 Å². The van der Waals surface area contributed by atoms with Crippen molar-refractivity contribution in [2.45, 2.75) is 70.6 Å². The van der Waals surface area contributed by atoms with Crippen LogP contribution < -0.4 is 5.73 Å². The van der Waals surface area contributed by atoms with Gasteiger partial charge in [0, 0.05) is 31.7 Å². The average molecular weight is 312 g/mol. The van der Waals surface area contributed by atoms with Crippen molar-refractivity contribution in [3.8, 4) is 0 Å². The molecule has 3 atom stereocenters. The molecule has 2 fully saturated rings. The SMILES string of the molecule is CCCN(C(=O)C(N)COC)C1CC(OCC)C12CCCC2. The Morgan fingerprint density at radius 2 is 2.05 bits per heavy atom. The third-order valence-corrected chi connectivity index (χ3v) is 5.43. The lowest BCUT2D eigenvalue weighted by Crippen LogP contribution is -2.66. The molecule has 0 bridgehead atoms. The number of nitrogens with two attached hydrogens (primary N) is 1. The number of nitrogens with zero attached hydrogens (tertiary/aromatic N) is 1. The van der Waals surface area contributed by atoms with Crippen LogP contribution in [-0.4, -0.2) is 55.9 Å². The Morgan fingerprint density at radius 3 is 2.59 bits per heavy atom. The van der Waals surface area contributed by atoms with Gasteiger partial charge >= 0.3 is 0 Å². The summed E-state index contributed by atoms with van der Waals surface area (Å²) in [5, 5.41) is 0. The monoisotopic (exact) mass is 312 g/mol. The second-order valence-corrected chi connectivity index (χ2v) is 6.73. The van der Waals surface area contributed by atoms with Gasteiger partial charge in [0.05, 0.1) is 12.7 Å². The maximum absolute atomic E-state index is 12.7. The number of carbonyl (C=O) groups excluding carboxylic acids is 1. The van der Waals surface area contributed by atoms with Crippen LogP contribution in [0.5, 0.6) is 0 Å². The summed E-state index contributed by atoms with van der Waals surface area (Å²) in [5.74, 6) is 0.0370. The highest BCUT2D eigenvalue weighted by atomic mass is 16.5. The van der Waals surface area contributed by atoms with E-state index in [2.05, 4.69) is 13.8 Å². The molecule has 2 aliphatic carbocycles. The molecule has 0 aromatic carbocycles. The fraction of sp³-hybridized carbons (Fsp3) is 0.941. The standard InChI is InChI=1S/C17H32N2O3/c1-4-10-19(16(20)13(18)12-21-3)14-11-15(22-5-2)17(14)8-6-7-9-17/h13-15H,4-12,18H2,1-3H3. The molecule has 2 rings (SSSR count). The van der Waals surface area contributed by atoms with Gasteiger partial charge in [-0.3, -0.25) is 4.79 Å². The molecule has 0 radical (unpaired) electrons. The second-order valence-electron chi connectivity index (χ2n) is 6.73. The molecule has 0 aliphatic heterocycles. The van der Waals surface area contributed by atoms with E-state index in [1.165, 1.54) is 25.7 Å². The van der Waals surface area contributed by atoms with Gasteiger partial charge in [-0.1, -0.05) is 19.8 Å². The predicted molar refractivity (Wildman–Crippen MR) is 86.6 cm³/mol. The molecule has 2 saturated carbocycles. The quantitative estimate of drug-likeness (QED) is 0.744. The van der Waals surface area contributed by atoms with Gasteiger partial charge in [0.1, 0.15) is 6.04 Å². The fourth-order valence-corrected chi connectivity index (χ4v) is 4.41. The van der Waals surface area contributed by atoms with E-state index in [1.54, 1.807) is 7.11 Å². The van der Waals surface area contributed by atoms with Crippen LogP contribution in [0.4, 0.5) is 0 Å². The van der Waals surface area contributed by atoms with Crippen LogP contribution in [0.2, 0.25) is 0 Å². The third-order valence-electron chi connectivity index (χ3n) is 5.43. The molecule has 5 heteroatoms. The molecule has 2 N–H and O–H groups in total. The first kappa shape index (κ1) is 17.7. The molecule has 0 aromatic rings. The predicted octanol–water partition coefficient (Wildman–Crippen LogP) is 1.94. The molecule has 5 nitrogen and oxygen atoms in total. The molecule has 3 unspecified atom stereocenters. The summed E-state index contributed by atoms with van der Waals surface area (Å²) in [7, 11) is 1.59. The molecule has 1 amide bonds. The fourth-order valence-electron chi connectivity index (χ4n) is 4.41. The molecule has 1 spiro atoms. The van der Waals surface area contributed by atoms with Gasteiger partial charge in [0.2, 0.25) is 5.91 Å². The minimum atomic E-state index is -0.554. The van der Waals surface area contributed by atoms with E-state index < -0.39 is 6.04 Å². The van der Waals surface area contributed by atoms with Crippen molar-refractivity contribution in [2.24, 2.45) is 11.1 Å². The first-order valence-corrected chi connectivity index (χ1v) is 8.77. The summed E-state index contributed by atoms with van der Waals surface area (Å²) in [5.41, 5.74) is 6.18. The van der Waals surface area contributed by atoms with Crippen molar-refractivity contribution < 1.29 is 14.3 Å². The van der Waals surface area contributed by atoms with Crippen molar-refractivity contribution in [3.05, 3.63) is 0 Å². The Morgan fingerprint density at radius 1 is 1.36 bits per heavy atom. The Bertz CT molecular complexity index is 369. The lowest BCUT2D eigenvalue weighted by Gasteiger charge is -2.58. The van der Waals surface area contributed by atoms with Gasteiger partial charge in [0.15, 0.2) is 0 Å². The summed E-state index contributed by atoms with van der Waals surface area (Å²) in [4.78, 5) is 14.8. The summed E-state index contributed by atoms with van der Waals surface area (Å²) >= 11 is 0. The van der Waals surface area contributed by atoms with Crippen LogP contribution in [0.1, 0.15) is 52.4 Å².